The third kappa shape index (κ3) is 4.73. The topological polar surface area (TPSA) is 66.9 Å². The van der Waals surface area contributed by atoms with Crippen molar-refractivity contribution in [3.05, 3.63) is 95.1 Å². The summed E-state index contributed by atoms with van der Waals surface area (Å²) in [5, 5.41) is 6.26. The number of anilines is 2. The predicted molar refractivity (Wildman–Crippen MR) is 126 cm³/mol. The van der Waals surface area contributed by atoms with Gasteiger partial charge in [-0.3, -0.25) is 0 Å². The van der Waals surface area contributed by atoms with E-state index in [1.165, 1.54) is 0 Å². The number of nitrogens with one attached hydrogen (secondary N) is 2. The van der Waals surface area contributed by atoms with Crippen LogP contribution in [-0.4, -0.2) is 16.0 Å². The van der Waals surface area contributed by atoms with Crippen LogP contribution in [0.3, 0.4) is 0 Å². The fourth-order valence-electron chi connectivity index (χ4n) is 3.16. The molecular weight excluding hydrogens is 408 g/mol. The summed E-state index contributed by atoms with van der Waals surface area (Å²) in [6, 6.07) is 22.4. The highest BCUT2D eigenvalue weighted by atomic mass is 35.5. The molecule has 2 N–H and O–H groups in total. The molecule has 0 bridgehead atoms. The summed E-state index contributed by atoms with van der Waals surface area (Å²) < 4.78 is 0. The Labute approximate surface area is 186 Å². The maximum absolute atomic E-state index is 12.7. The molecule has 3 aromatic carbocycles. The van der Waals surface area contributed by atoms with E-state index in [1.54, 1.807) is 12.3 Å². The minimum atomic E-state index is -0.382. The monoisotopic (exact) mass is 428 g/mol. The van der Waals surface area contributed by atoms with Gasteiger partial charge in [-0.05, 0) is 43.2 Å². The Kier molecular flexibility index (Phi) is 5.96. The van der Waals surface area contributed by atoms with Crippen LogP contribution >= 0.6 is 11.6 Å². The molecular formula is C25H21ClN4O. The number of halogens is 1. The molecule has 1 aromatic heterocycles. The predicted octanol–water partition coefficient (Wildman–Crippen LogP) is 6.72. The molecule has 0 spiro atoms. The number of nitrogens with zero attached hydrogens (tertiary/aromatic N) is 2. The van der Waals surface area contributed by atoms with Crippen molar-refractivity contribution in [2.75, 3.05) is 10.6 Å². The molecule has 2 amide bonds. The smallest absolute Gasteiger partial charge is 0.308 e. The van der Waals surface area contributed by atoms with E-state index in [2.05, 4.69) is 15.6 Å². The van der Waals surface area contributed by atoms with Crippen LogP contribution in [0.15, 0.2) is 79.0 Å². The Bertz CT molecular complexity index is 1240. The van der Waals surface area contributed by atoms with Crippen molar-refractivity contribution in [3.8, 4) is 22.6 Å². The quantitative estimate of drug-likeness (QED) is 0.379. The van der Waals surface area contributed by atoms with Gasteiger partial charge < -0.3 is 10.6 Å². The normalized spacial score (nSPS) is 10.5. The maximum Gasteiger partial charge on any atom is 0.323 e. The molecule has 1 heterocycles. The Morgan fingerprint density at radius 1 is 0.871 bits per heavy atom. The van der Waals surface area contributed by atoms with E-state index in [0.717, 1.165) is 16.7 Å². The van der Waals surface area contributed by atoms with Gasteiger partial charge in [0.15, 0.2) is 5.82 Å². The summed E-state index contributed by atoms with van der Waals surface area (Å²) in [5.41, 5.74) is 5.58. The summed E-state index contributed by atoms with van der Waals surface area (Å²) in [5.74, 6) is 0.552. The Morgan fingerprint density at radius 3 is 2.35 bits per heavy atom. The lowest BCUT2D eigenvalue weighted by Crippen LogP contribution is -2.20. The van der Waals surface area contributed by atoms with Crippen LogP contribution in [-0.2, 0) is 0 Å². The molecule has 0 unspecified atom stereocenters. The van der Waals surface area contributed by atoms with Crippen molar-refractivity contribution >= 4 is 29.0 Å². The van der Waals surface area contributed by atoms with Crippen LogP contribution in [0, 0.1) is 13.8 Å². The molecule has 5 nitrogen and oxygen atoms in total. The van der Waals surface area contributed by atoms with Crippen LogP contribution < -0.4 is 10.6 Å². The lowest BCUT2D eigenvalue weighted by molar-refractivity contribution is 0.262. The molecule has 0 aliphatic carbocycles. The molecule has 31 heavy (non-hydrogen) atoms. The van der Waals surface area contributed by atoms with E-state index in [4.69, 9.17) is 16.6 Å². The fraction of sp³-hybridized carbons (Fsp3) is 0.0800. The standard InChI is InChI=1S/C25H21ClN4O/c1-16-12-13-19(14-17(16)2)28-25(31)29-22-15-27-24(18-8-4-3-5-9-18)30-23(22)20-10-6-7-11-21(20)26/h3-15H,1-2H3,(H2,28,29,31). The van der Waals surface area contributed by atoms with Crippen LogP contribution in [0.25, 0.3) is 22.6 Å². The summed E-state index contributed by atoms with van der Waals surface area (Å²) >= 11 is 6.44. The van der Waals surface area contributed by atoms with E-state index >= 15 is 0 Å². The van der Waals surface area contributed by atoms with Gasteiger partial charge in [0.25, 0.3) is 0 Å². The number of urea groups is 1. The zero-order valence-electron chi connectivity index (χ0n) is 17.2. The Hall–Kier alpha value is -3.70. The Morgan fingerprint density at radius 2 is 1.61 bits per heavy atom. The van der Waals surface area contributed by atoms with Crippen molar-refractivity contribution in [2.24, 2.45) is 0 Å². The minimum Gasteiger partial charge on any atom is -0.308 e. The molecule has 0 aliphatic rings. The third-order valence-electron chi connectivity index (χ3n) is 4.96. The molecule has 0 aliphatic heterocycles. The van der Waals surface area contributed by atoms with Crippen molar-refractivity contribution in [1.82, 2.24) is 9.97 Å². The Balaban J connectivity index is 1.68. The number of carbonyl (C=O) groups excluding carboxylic acids is 1. The minimum absolute atomic E-state index is 0.382. The molecule has 0 radical (unpaired) electrons. The van der Waals surface area contributed by atoms with Gasteiger partial charge in [0.2, 0.25) is 0 Å². The second kappa shape index (κ2) is 8.98. The van der Waals surface area contributed by atoms with Crippen molar-refractivity contribution in [3.63, 3.8) is 0 Å². The number of hydrogen-bond donors (Lipinski definition) is 2. The zero-order valence-corrected chi connectivity index (χ0v) is 17.9. The first-order valence-electron chi connectivity index (χ1n) is 9.84. The van der Waals surface area contributed by atoms with Crippen molar-refractivity contribution in [1.29, 1.82) is 0 Å². The van der Waals surface area contributed by atoms with Gasteiger partial charge in [0, 0.05) is 16.8 Å². The van der Waals surface area contributed by atoms with E-state index < -0.39 is 0 Å². The first-order valence-corrected chi connectivity index (χ1v) is 10.2. The maximum atomic E-state index is 12.7. The van der Waals surface area contributed by atoms with Gasteiger partial charge in [-0.2, -0.15) is 0 Å². The van der Waals surface area contributed by atoms with Gasteiger partial charge in [0.05, 0.1) is 22.6 Å². The number of benzene rings is 3. The van der Waals surface area contributed by atoms with Gasteiger partial charge in [-0.25, -0.2) is 14.8 Å². The molecule has 154 valence electrons. The summed E-state index contributed by atoms with van der Waals surface area (Å²) in [6.45, 7) is 4.03. The van der Waals surface area contributed by atoms with E-state index in [1.807, 2.05) is 80.6 Å². The summed E-state index contributed by atoms with van der Waals surface area (Å²) in [4.78, 5) is 21.9. The number of amides is 2. The number of hydrogen-bond acceptors (Lipinski definition) is 3. The lowest BCUT2D eigenvalue weighted by Gasteiger charge is -2.14. The fourth-order valence-corrected chi connectivity index (χ4v) is 3.39. The lowest BCUT2D eigenvalue weighted by atomic mass is 10.1. The van der Waals surface area contributed by atoms with Crippen molar-refractivity contribution in [2.45, 2.75) is 13.8 Å². The molecule has 0 atom stereocenters. The molecule has 0 saturated heterocycles. The average Bonchev–Trinajstić information content (AvgIpc) is 2.78. The molecule has 0 saturated carbocycles. The van der Waals surface area contributed by atoms with Crippen LogP contribution in [0.4, 0.5) is 16.2 Å². The second-order valence-corrected chi connectivity index (χ2v) is 7.59. The summed E-state index contributed by atoms with van der Waals surface area (Å²) in [7, 11) is 0. The zero-order chi connectivity index (χ0) is 21.8. The molecule has 4 rings (SSSR count). The molecule has 4 aromatic rings. The van der Waals surface area contributed by atoms with E-state index in [9.17, 15) is 4.79 Å². The van der Waals surface area contributed by atoms with Crippen molar-refractivity contribution < 1.29 is 4.79 Å². The second-order valence-electron chi connectivity index (χ2n) is 7.18. The molecule has 6 heteroatoms. The third-order valence-corrected chi connectivity index (χ3v) is 5.29. The van der Waals surface area contributed by atoms with Crippen LogP contribution in [0.2, 0.25) is 5.02 Å². The number of aryl methyl sites for hydroxylation is 2. The first kappa shape index (κ1) is 20.6. The highest BCUT2D eigenvalue weighted by molar-refractivity contribution is 6.33. The largest absolute Gasteiger partial charge is 0.323 e. The van der Waals surface area contributed by atoms with Gasteiger partial charge in [-0.1, -0.05) is 66.2 Å². The highest BCUT2D eigenvalue weighted by Crippen LogP contribution is 2.33. The SMILES string of the molecule is Cc1ccc(NC(=O)Nc2cnc(-c3ccccc3)nc2-c2ccccc2Cl)cc1C. The van der Waals surface area contributed by atoms with Gasteiger partial charge in [0.1, 0.15) is 0 Å². The van der Waals surface area contributed by atoms with Crippen LogP contribution in [0.5, 0.6) is 0 Å². The van der Waals surface area contributed by atoms with Gasteiger partial charge >= 0.3 is 6.03 Å². The molecule has 0 fully saturated rings. The highest BCUT2D eigenvalue weighted by Gasteiger charge is 2.15. The number of rotatable bonds is 4. The van der Waals surface area contributed by atoms with Crippen LogP contribution in [0.1, 0.15) is 11.1 Å². The number of carbonyl (C=O) groups is 1. The van der Waals surface area contributed by atoms with E-state index in [0.29, 0.717) is 33.5 Å². The first-order chi connectivity index (χ1) is 15.0. The average molecular weight is 429 g/mol. The van der Waals surface area contributed by atoms with Gasteiger partial charge in [-0.15, -0.1) is 0 Å². The summed E-state index contributed by atoms with van der Waals surface area (Å²) in [6.07, 6.45) is 1.61. The van der Waals surface area contributed by atoms with E-state index in [-0.39, 0.29) is 6.03 Å². The number of aromatic nitrogens is 2.